The lowest BCUT2D eigenvalue weighted by molar-refractivity contribution is 0.113. The Kier molecular flexibility index (Phi) is 8.49. The first-order valence-electron chi connectivity index (χ1n) is 14.5. The maximum absolute atomic E-state index is 6.23. The number of para-hydroxylation sites is 2. The van der Waals surface area contributed by atoms with E-state index in [1.807, 2.05) is 47.1 Å². The fourth-order valence-electron chi connectivity index (χ4n) is 5.67. The monoisotopic (exact) mass is 556 g/mol. The zero-order valence-corrected chi connectivity index (χ0v) is 24.2. The van der Waals surface area contributed by atoms with E-state index < -0.39 is 0 Å². The maximum Gasteiger partial charge on any atom is 0.178 e. The van der Waals surface area contributed by atoms with E-state index in [9.17, 15) is 0 Å². The van der Waals surface area contributed by atoms with E-state index in [0.717, 1.165) is 72.4 Å². The van der Waals surface area contributed by atoms with E-state index in [1.54, 1.807) is 0 Å². The van der Waals surface area contributed by atoms with Gasteiger partial charge in [-0.2, -0.15) is 4.68 Å². The third-order valence-corrected chi connectivity index (χ3v) is 7.79. The van der Waals surface area contributed by atoms with Gasteiger partial charge in [-0.05, 0) is 70.8 Å². The molecule has 42 heavy (non-hydrogen) atoms. The first-order valence-corrected chi connectivity index (χ1v) is 14.5. The molecule has 1 aromatic heterocycles. The first kappa shape index (κ1) is 27.6. The van der Waals surface area contributed by atoms with Gasteiger partial charge in [0.05, 0.1) is 11.7 Å². The van der Waals surface area contributed by atoms with Crippen LogP contribution in [0.15, 0.2) is 109 Å². The second kappa shape index (κ2) is 12.9. The molecule has 1 saturated heterocycles. The number of benzene rings is 4. The topological polar surface area (TPSA) is 59.3 Å². The normalized spacial score (nSPS) is 15.2. The second-order valence-electron chi connectivity index (χ2n) is 10.7. The van der Waals surface area contributed by atoms with Crippen molar-refractivity contribution in [3.05, 3.63) is 137 Å². The molecule has 6 rings (SSSR count). The first-order chi connectivity index (χ1) is 20.7. The van der Waals surface area contributed by atoms with Crippen LogP contribution in [0.1, 0.15) is 34.1 Å². The van der Waals surface area contributed by atoms with E-state index in [2.05, 4.69) is 112 Å². The zero-order chi connectivity index (χ0) is 28.7. The summed E-state index contributed by atoms with van der Waals surface area (Å²) in [6.45, 7) is 8.85. The summed E-state index contributed by atoms with van der Waals surface area (Å²) in [7, 11) is 0. The van der Waals surface area contributed by atoms with Gasteiger partial charge in [0.15, 0.2) is 5.82 Å². The summed E-state index contributed by atoms with van der Waals surface area (Å²) in [4.78, 5) is 4.99. The molecule has 5 aromatic rings. The van der Waals surface area contributed by atoms with Gasteiger partial charge in [0.2, 0.25) is 0 Å². The average Bonchev–Trinajstić information content (AvgIpc) is 3.48. The molecule has 0 bridgehead atoms. The van der Waals surface area contributed by atoms with Crippen molar-refractivity contribution in [3.63, 3.8) is 0 Å². The molecule has 1 aliphatic rings. The minimum atomic E-state index is -0.139. The quantitative estimate of drug-likeness (QED) is 0.207. The number of aromatic nitrogens is 4. The third-order valence-electron chi connectivity index (χ3n) is 7.79. The van der Waals surface area contributed by atoms with Gasteiger partial charge in [-0.1, -0.05) is 91.0 Å². The van der Waals surface area contributed by atoms with Crippen LogP contribution < -0.4 is 4.74 Å². The highest BCUT2D eigenvalue weighted by molar-refractivity contribution is 5.49. The number of ether oxygens (including phenoxy) is 1. The SMILES string of the molecule is Cc1cccc(C)c1-n1nnnc1[C@@H](c1cccc(Oc2ccccc2)c1)N1CCN(C/C=C/c2ccccc2)CC1. The Morgan fingerprint density at radius 2 is 1.43 bits per heavy atom. The lowest BCUT2D eigenvalue weighted by Gasteiger charge is -2.38. The van der Waals surface area contributed by atoms with E-state index in [4.69, 9.17) is 4.74 Å². The standard InChI is InChI=1S/C35H36N6O/c1-27-12-9-13-28(2)33(27)41-35(36-37-38-41)34(30-17-10-20-32(26-30)42-31-18-7-4-8-19-31)40-24-22-39(23-25-40)21-11-16-29-14-5-3-6-15-29/h3-20,26,34H,21-25H2,1-2H3/b16-11+/t34-/m1/s1. The molecular weight excluding hydrogens is 520 g/mol. The van der Waals surface area contributed by atoms with Crippen molar-refractivity contribution in [1.82, 2.24) is 30.0 Å². The molecule has 0 amide bonds. The lowest BCUT2D eigenvalue weighted by Crippen LogP contribution is -2.48. The van der Waals surface area contributed by atoms with Crippen LogP contribution in [0.4, 0.5) is 0 Å². The molecule has 0 spiro atoms. The van der Waals surface area contributed by atoms with Crippen molar-refractivity contribution in [2.75, 3.05) is 32.7 Å². The zero-order valence-electron chi connectivity index (χ0n) is 24.2. The van der Waals surface area contributed by atoms with Crippen LogP contribution in [-0.2, 0) is 0 Å². The molecule has 0 N–H and O–H groups in total. The summed E-state index contributed by atoms with van der Waals surface area (Å²) in [5.41, 5.74) is 5.64. The van der Waals surface area contributed by atoms with E-state index in [0.29, 0.717) is 0 Å². The van der Waals surface area contributed by atoms with Gasteiger partial charge >= 0.3 is 0 Å². The smallest absolute Gasteiger partial charge is 0.178 e. The molecule has 1 aliphatic heterocycles. The number of hydrogen-bond donors (Lipinski definition) is 0. The highest BCUT2D eigenvalue weighted by atomic mass is 16.5. The second-order valence-corrected chi connectivity index (χ2v) is 10.7. The molecule has 1 atom stereocenters. The fourth-order valence-corrected chi connectivity index (χ4v) is 5.67. The Morgan fingerprint density at radius 3 is 2.17 bits per heavy atom. The Hall–Kier alpha value is -4.59. The fraction of sp³-hybridized carbons (Fsp3) is 0.229. The van der Waals surface area contributed by atoms with E-state index >= 15 is 0 Å². The van der Waals surface area contributed by atoms with Crippen molar-refractivity contribution < 1.29 is 4.74 Å². The van der Waals surface area contributed by atoms with Crippen molar-refractivity contribution in [2.24, 2.45) is 0 Å². The van der Waals surface area contributed by atoms with Crippen LogP contribution >= 0.6 is 0 Å². The number of hydrogen-bond acceptors (Lipinski definition) is 6. The summed E-state index contributed by atoms with van der Waals surface area (Å²) in [6.07, 6.45) is 4.46. The maximum atomic E-state index is 6.23. The molecule has 4 aromatic carbocycles. The summed E-state index contributed by atoms with van der Waals surface area (Å²) < 4.78 is 8.16. The van der Waals surface area contributed by atoms with Gasteiger partial charge in [-0.15, -0.1) is 5.10 Å². The largest absolute Gasteiger partial charge is 0.457 e. The van der Waals surface area contributed by atoms with Crippen LogP contribution in [0.5, 0.6) is 11.5 Å². The number of tetrazole rings is 1. The van der Waals surface area contributed by atoms with Crippen molar-refractivity contribution >= 4 is 6.08 Å². The van der Waals surface area contributed by atoms with Gasteiger partial charge in [-0.3, -0.25) is 9.80 Å². The minimum Gasteiger partial charge on any atom is -0.457 e. The van der Waals surface area contributed by atoms with E-state index in [-0.39, 0.29) is 6.04 Å². The number of nitrogens with zero attached hydrogens (tertiary/aromatic N) is 6. The van der Waals surface area contributed by atoms with Crippen LogP contribution in [0.3, 0.4) is 0 Å². The van der Waals surface area contributed by atoms with Gasteiger partial charge in [0, 0.05) is 32.7 Å². The number of aryl methyl sites for hydroxylation is 2. The van der Waals surface area contributed by atoms with E-state index in [1.165, 1.54) is 5.56 Å². The number of piperazine rings is 1. The Balaban J connectivity index is 1.29. The van der Waals surface area contributed by atoms with Crippen LogP contribution in [0.2, 0.25) is 0 Å². The van der Waals surface area contributed by atoms with Crippen LogP contribution in [0, 0.1) is 13.8 Å². The van der Waals surface area contributed by atoms with Gasteiger partial charge in [0.25, 0.3) is 0 Å². The van der Waals surface area contributed by atoms with Crippen molar-refractivity contribution in [1.29, 1.82) is 0 Å². The summed E-state index contributed by atoms with van der Waals surface area (Å²) in [6, 6.07) is 34.8. The summed E-state index contributed by atoms with van der Waals surface area (Å²) in [5.74, 6) is 2.41. The highest BCUT2D eigenvalue weighted by Gasteiger charge is 2.31. The predicted octanol–water partition coefficient (Wildman–Crippen LogP) is 6.49. The molecule has 0 unspecified atom stereocenters. The van der Waals surface area contributed by atoms with Crippen LogP contribution in [-0.4, -0.2) is 62.7 Å². The molecule has 0 saturated carbocycles. The molecular formula is C35H36N6O. The Labute approximate surface area is 247 Å². The summed E-state index contributed by atoms with van der Waals surface area (Å²) in [5, 5.41) is 13.3. The van der Waals surface area contributed by atoms with Crippen LogP contribution in [0.25, 0.3) is 11.8 Å². The third kappa shape index (κ3) is 6.33. The van der Waals surface area contributed by atoms with Crippen molar-refractivity contribution in [3.8, 4) is 17.2 Å². The van der Waals surface area contributed by atoms with Crippen molar-refractivity contribution in [2.45, 2.75) is 19.9 Å². The molecule has 2 heterocycles. The van der Waals surface area contributed by atoms with Gasteiger partial charge < -0.3 is 4.74 Å². The average molecular weight is 557 g/mol. The number of rotatable bonds is 9. The van der Waals surface area contributed by atoms with Gasteiger partial charge in [-0.25, -0.2) is 0 Å². The Bertz CT molecular complexity index is 1600. The molecule has 0 aliphatic carbocycles. The lowest BCUT2D eigenvalue weighted by atomic mass is 10.0. The minimum absolute atomic E-state index is 0.139. The molecule has 1 fully saturated rings. The molecule has 212 valence electrons. The molecule has 0 radical (unpaired) electrons. The Morgan fingerprint density at radius 1 is 0.762 bits per heavy atom. The predicted molar refractivity (Wildman–Crippen MR) is 167 cm³/mol. The van der Waals surface area contributed by atoms with Gasteiger partial charge in [0.1, 0.15) is 11.5 Å². The molecule has 7 heteroatoms. The molecule has 7 nitrogen and oxygen atoms in total. The highest BCUT2D eigenvalue weighted by Crippen LogP contribution is 2.33. The summed E-state index contributed by atoms with van der Waals surface area (Å²) >= 11 is 0.